The summed E-state index contributed by atoms with van der Waals surface area (Å²) in [5.74, 6) is -0.247. The minimum absolute atomic E-state index is 0.247. The van der Waals surface area contributed by atoms with Crippen LogP contribution in [0.5, 0.6) is 0 Å². The van der Waals surface area contributed by atoms with E-state index in [4.69, 9.17) is 0 Å². The van der Waals surface area contributed by atoms with Crippen LogP contribution in [0.15, 0.2) is 74.4 Å². The highest BCUT2D eigenvalue weighted by Gasteiger charge is 2.08. The number of hydrogen-bond acceptors (Lipinski definition) is 6. The summed E-state index contributed by atoms with van der Waals surface area (Å²) in [5, 5.41) is 2.08. The second-order valence-corrected chi connectivity index (χ2v) is 7.31. The summed E-state index contributed by atoms with van der Waals surface area (Å²) in [6.45, 7) is 0. The Morgan fingerprint density at radius 3 is 2.77 bits per heavy atom. The van der Waals surface area contributed by atoms with Crippen molar-refractivity contribution in [2.45, 2.75) is 14.0 Å². The van der Waals surface area contributed by atoms with Crippen LogP contribution in [0, 0.1) is 0 Å². The standard InChI is InChI=1S/C15H11N3OS3/c19-15(13-9-16-6-7-17-13)18-22-14-8-12(10-20-14)21-11-4-2-1-3-5-11/h1-10H,(H,18,19). The second kappa shape index (κ2) is 7.44. The van der Waals surface area contributed by atoms with E-state index in [-0.39, 0.29) is 5.91 Å². The van der Waals surface area contributed by atoms with Crippen LogP contribution in [0.1, 0.15) is 10.5 Å². The lowest BCUT2D eigenvalue weighted by Gasteiger charge is -2.00. The van der Waals surface area contributed by atoms with Crippen molar-refractivity contribution < 1.29 is 4.79 Å². The normalized spacial score (nSPS) is 10.4. The van der Waals surface area contributed by atoms with E-state index in [2.05, 4.69) is 38.3 Å². The first-order valence-electron chi connectivity index (χ1n) is 6.36. The Morgan fingerprint density at radius 2 is 2.00 bits per heavy atom. The molecule has 0 aliphatic carbocycles. The Balaban J connectivity index is 1.57. The number of nitrogens with zero attached hydrogens (tertiary/aromatic N) is 2. The molecule has 2 heterocycles. The average Bonchev–Trinajstić information content (AvgIpc) is 3.02. The van der Waals surface area contributed by atoms with Gasteiger partial charge in [0, 0.05) is 27.6 Å². The van der Waals surface area contributed by atoms with Gasteiger partial charge >= 0.3 is 0 Å². The van der Waals surface area contributed by atoms with Crippen LogP contribution in [0.3, 0.4) is 0 Å². The molecule has 0 saturated carbocycles. The summed E-state index contributed by atoms with van der Waals surface area (Å²) in [6, 6.07) is 12.2. The van der Waals surface area contributed by atoms with Crippen molar-refractivity contribution in [3.05, 3.63) is 66.1 Å². The molecule has 22 heavy (non-hydrogen) atoms. The maximum absolute atomic E-state index is 11.9. The zero-order valence-electron chi connectivity index (χ0n) is 11.3. The molecule has 3 aromatic rings. The van der Waals surface area contributed by atoms with Crippen LogP contribution in [0.4, 0.5) is 0 Å². The summed E-state index contributed by atoms with van der Waals surface area (Å²) < 4.78 is 3.79. The van der Waals surface area contributed by atoms with Crippen LogP contribution in [0.2, 0.25) is 0 Å². The number of amides is 1. The third-order valence-electron chi connectivity index (χ3n) is 2.57. The quantitative estimate of drug-likeness (QED) is 0.705. The Hall–Kier alpha value is -1.83. The predicted octanol–water partition coefficient (Wildman–Crippen LogP) is 4.13. The number of carbonyl (C=O) groups excluding carboxylic acids is 1. The molecule has 1 aromatic carbocycles. The van der Waals surface area contributed by atoms with E-state index in [0.717, 1.165) is 9.10 Å². The van der Waals surface area contributed by atoms with Gasteiger partial charge < -0.3 is 0 Å². The molecule has 0 aliphatic heterocycles. The third-order valence-corrected chi connectivity index (χ3v) is 5.57. The molecular weight excluding hydrogens is 334 g/mol. The lowest BCUT2D eigenvalue weighted by molar-refractivity contribution is 0.0979. The predicted molar refractivity (Wildman–Crippen MR) is 90.2 cm³/mol. The number of benzene rings is 1. The molecule has 0 fully saturated rings. The highest BCUT2D eigenvalue weighted by molar-refractivity contribution is 8.00. The van der Waals surface area contributed by atoms with Gasteiger partial charge in [0.2, 0.25) is 0 Å². The lowest BCUT2D eigenvalue weighted by atomic mass is 10.4. The van der Waals surface area contributed by atoms with Gasteiger partial charge in [-0.1, -0.05) is 30.0 Å². The minimum Gasteiger partial charge on any atom is -0.290 e. The van der Waals surface area contributed by atoms with Gasteiger partial charge in [0.1, 0.15) is 5.69 Å². The van der Waals surface area contributed by atoms with Crippen molar-refractivity contribution in [3.8, 4) is 0 Å². The largest absolute Gasteiger partial charge is 0.290 e. The molecule has 0 aliphatic rings. The number of rotatable bonds is 5. The fourth-order valence-corrected chi connectivity index (χ4v) is 4.27. The molecule has 2 aromatic heterocycles. The number of thiophene rings is 1. The zero-order valence-corrected chi connectivity index (χ0v) is 13.8. The summed E-state index contributed by atoms with van der Waals surface area (Å²) in [7, 11) is 0. The van der Waals surface area contributed by atoms with Gasteiger partial charge in [-0.2, -0.15) is 0 Å². The zero-order chi connectivity index (χ0) is 15.2. The van der Waals surface area contributed by atoms with E-state index in [1.807, 2.05) is 18.2 Å². The monoisotopic (exact) mass is 345 g/mol. The molecule has 0 spiro atoms. The number of hydrogen-bond donors (Lipinski definition) is 1. The molecule has 110 valence electrons. The number of carbonyl (C=O) groups is 1. The van der Waals surface area contributed by atoms with E-state index in [0.29, 0.717) is 5.69 Å². The molecule has 0 saturated heterocycles. The molecular formula is C15H11N3OS3. The van der Waals surface area contributed by atoms with Crippen LogP contribution < -0.4 is 4.72 Å². The average molecular weight is 345 g/mol. The SMILES string of the molecule is O=C(NSc1cc(Sc2ccccc2)cs1)c1cnccn1. The summed E-state index contributed by atoms with van der Waals surface area (Å²) >= 11 is 4.59. The maximum atomic E-state index is 11.9. The van der Waals surface area contributed by atoms with E-state index >= 15 is 0 Å². The lowest BCUT2D eigenvalue weighted by Crippen LogP contribution is -2.16. The Bertz CT molecular complexity index is 747. The topological polar surface area (TPSA) is 54.9 Å². The van der Waals surface area contributed by atoms with Crippen molar-refractivity contribution in [2.24, 2.45) is 0 Å². The van der Waals surface area contributed by atoms with Crippen LogP contribution in [0.25, 0.3) is 0 Å². The molecule has 4 nitrogen and oxygen atoms in total. The highest BCUT2D eigenvalue weighted by atomic mass is 32.2. The Labute approximate surface area is 140 Å². The third kappa shape index (κ3) is 4.09. The van der Waals surface area contributed by atoms with Gasteiger partial charge in [-0.3, -0.25) is 14.5 Å². The van der Waals surface area contributed by atoms with Crippen molar-refractivity contribution >= 4 is 41.0 Å². The van der Waals surface area contributed by atoms with E-state index in [1.165, 1.54) is 35.4 Å². The van der Waals surface area contributed by atoms with Crippen LogP contribution >= 0.6 is 35.0 Å². The van der Waals surface area contributed by atoms with Gasteiger partial charge in [-0.25, -0.2) is 4.98 Å². The van der Waals surface area contributed by atoms with Crippen molar-refractivity contribution in [1.29, 1.82) is 0 Å². The van der Waals surface area contributed by atoms with Gasteiger partial charge in [-0.15, -0.1) is 11.3 Å². The van der Waals surface area contributed by atoms with Crippen molar-refractivity contribution in [2.75, 3.05) is 0 Å². The van der Waals surface area contributed by atoms with Crippen LogP contribution in [-0.2, 0) is 0 Å². The van der Waals surface area contributed by atoms with Crippen LogP contribution in [-0.4, -0.2) is 15.9 Å². The Kier molecular flexibility index (Phi) is 5.10. The molecule has 0 atom stereocenters. The van der Waals surface area contributed by atoms with Gasteiger partial charge in [0.15, 0.2) is 0 Å². The first kappa shape index (κ1) is 15.1. The first-order valence-corrected chi connectivity index (χ1v) is 8.87. The smallest absolute Gasteiger partial charge is 0.281 e. The molecule has 1 N–H and O–H groups in total. The Morgan fingerprint density at radius 1 is 1.14 bits per heavy atom. The number of nitrogens with one attached hydrogen (secondary N) is 1. The van der Waals surface area contributed by atoms with Gasteiger partial charge in [0.05, 0.1) is 10.4 Å². The second-order valence-electron chi connectivity index (χ2n) is 4.14. The first-order chi connectivity index (χ1) is 10.8. The molecule has 7 heteroatoms. The summed E-state index contributed by atoms with van der Waals surface area (Å²) in [4.78, 5) is 22.1. The van der Waals surface area contributed by atoms with E-state index in [1.54, 1.807) is 23.1 Å². The van der Waals surface area contributed by atoms with Gasteiger partial charge in [-0.05, 0) is 30.1 Å². The summed E-state index contributed by atoms with van der Waals surface area (Å²) in [5.41, 5.74) is 0.311. The van der Waals surface area contributed by atoms with E-state index < -0.39 is 0 Å². The minimum atomic E-state index is -0.247. The maximum Gasteiger partial charge on any atom is 0.281 e. The highest BCUT2D eigenvalue weighted by Crippen LogP contribution is 2.34. The number of aromatic nitrogens is 2. The van der Waals surface area contributed by atoms with E-state index in [9.17, 15) is 4.79 Å². The fourth-order valence-electron chi connectivity index (χ4n) is 1.60. The molecule has 3 rings (SSSR count). The van der Waals surface area contributed by atoms with Crippen molar-refractivity contribution in [3.63, 3.8) is 0 Å². The van der Waals surface area contributed by atoms with Gasteiger partial charge in [0.25, 0.3) is 5.91 Å². The molecule has 0 unspecified atom stereocenters. The summed E-state index contributed by atoms with van der Waals surface area (Å²) in [6.07, 6.45) is 4.48. The molecule has 0 radical (unpaired) electrons. The molecule has 1 amide bonds. The molecule has 0 bridgehead atoms. The fraction of sp³-hybridized carbons (Fsp3) is 0. The van der Waals surface area contributed by atoms with Crippen molar-refractivity contribution in [1.82, 2.24) is 14.7 Å².